The summed E-state index contributed by atoms with van der Waals surface area (Å²) < 4.78 is 5.35. The first-order valence-electron chi connectivity index (χ1n) is 5.78. The van der Waals surface area contributed by atoms with Gasteiger partial charge in [-0.2, -0.15) is 0 Å². The Kier molecular flexibility index (Phi) is 5.91. The minimum Gasteiger partial charge on any atom is -0.457 e. The average molecular weight is 317 g/mol. The van der Waals surface area contributed by atoms with Crippen LogP contribution in [-0.2, 0) is 4.79 Å². The molecule has 0 saturated carbocycles. The van der Waals surface area contributed by atoms with E-state index < -0.39 is 0 Å². The van der Waals surface area contributed by atoms with Crippen molar-refractivity contribution in [3.63, 3.8) is 0 Å². The van der Waals surface area contributed by atoms with Crippen LogP contribution in [0.15, 0.2) is 21.4 Å². The maximum Gasteiger partial charge on any atom is 0.255 e. The van der Waals surface area contributed by atoms with E-state index in [0.29, 0.717) is 29.2 Å². The number of amides is 2. The van der Waals surface area contributed by atoms with E-state index in [-0.39, 0.29) is 18.2 Å². The second kappa shape index (κ2) is 7.20. The molecule has 0 aliphatic heterocycles. The van der Waals surface area contributed by atoms with Crippen molar-refractivity contribution in [2.75, 3.05) is 13.1 Å². The van der Waals surface area contributed by atoms with Gasteiger partial charge in [-0.1, -0.05) is 13.8 Å². The van der Waals surface area contributed by atoms with Gasteiger partial charge in [0.25, 0.3) is 5.91 Å². The molecule has 0 aliphatic carbocycles. The van der Waals surface area contributed by atoms with Crippen LogP contribution < -0.4 is 10.6 Å². The molecule has 2 amide bonds. The molecule has 5 nitrogen and oxygen atoms in total. The average Bonchev–Trinajstić information content (AvgIpc) is 2.72. The number of hydrogen-bond donors (Lipinski definition) is 2. The molecule has 0 aromatic carbocycles. The normalized spacial score (nSPS) is 10.4. The molecular formula is C12H17BrN2O3. The van der Waals surface area contributed by atoms with Crippen LogP contribution in [0.25, 0.3) is 0 Å². The maximum absolute atomic E-state index is 11.6. The lowest BCUT2D eigenvalue weighted by molar-refractivity contribution is -0.121. The summed E-state index contributed by atoms with van der Waals surface area (Å²) >= 11 is 3.12. The maximum atomic E-state index is 11.6. The van der Waals surface area contributed by atoms with Gasteiger partial charge in [0.1, 0.15) is 0 Å². The van der Waals surface area contributed by atoms with Crippen LogP contribution in [0, 0.1) is 5.92 Å². The molecule has 0 fully saturated rings. The molecule has 2 N–H and O–H groups in total. The first-order chi connectivity index (χ1) is 8.50. The summed E-state index contributed by atoms with van der Waals surface area (Å²) in [6.07, 6.45) is 1.70. The summed E-state index contributed by atoms with van der Waals surface area (Å²) in [7, 11) is 0. The van der Waals surface area contributed by atoms with E-state index in [1.54, 1.807) is 6.07 Å². The highest BCUT2D eigenvalue weighted by molar-refractivity contribution is 9.10. The third-order valence-electron chi connectivity index (χ3n) is 2.21. The minimum absolute atomic E-state index is 0.0599. The number of rotatable bonds is 6. The number of nitrogens with one attached hydrogen (secondary N) is 2. The van der Waals surface area contributed by atoms with Gasteiger partial charge in [0, 0.05) is 19.5 Å². The summed E-state index contributed by atoms with van der Waals surface area (Å²) in [6.45, 7) is 5.01. The number of halogens is 1. The van der Waals surface area contributed by atoms with Crippen LogP contribution in [-0.4, -0.2) is 24.9 Å². The minimum atomic E-state index is -0.257. The quantitative estimate of drug-likeness (QED) is 0.842. The number of carbonyl (C=O) groups is 2. The fourth-order valence-electron chi connectivity index (χ4n) is 1.25. The summed E-state index contributed by atoms with van der Waals surface area (Å²) in [5.41, 5.74) is 0.428. The fraction of sp³-hybridized carbons (Fsp3) is 0.500. The molecule has 0 radical (unpaired) electrons. The monoisotopic (exact) mass is 316 g/mol. The summed E-state index contributed by atoms with van der Waals surface area (Å²) in [5, 5.41) is 5.44. The van der Waals surface area contributed by atoms with E-state index in [1.165, 1.54) is 6.26 Å². The van der Waals surface area contributed by atoms with Crippen LogP contribution in [0.4, 0.5) is 0 Å². The molecule has 1 aromatic rings. The lowest BCUT2D eigenvalue weighted by Gasteiger charge is -2.08. The Morgan fingerprint density at radius 3 is 2.67 bits per heavy atom. The van der Waals surface area contributed by atoms with Crippen molar-refractivity contribution < 1.29 is 14.0 Å². The van der Waals surface area contributed by atoms with Crippen LogP contribution in [0.1, 0.15) is 30.6 Å². The van der Waals surface area contributed by atoms with Gasteiger partial charge in [-0.25, -0.2) is 0 Å². The topological polar surface area (TPSA) is 71.3 Å². The van der Waals surface area contributed by atoms with Crippen molar-refractivity contribution in [3.05, 3.63) is 22.6 Å². The van der Waals surface area contributed by atoms with E-state index in [2.05, 4.69) is 26.6 Å². The van der Waals surface area contributed by atoms with Crippen LogP contribution >= 0.6 is 15.9 Å². The highest BCUT2D eigenvalue weighted by Crippen LogP contribution is 2.16. The molecule has 1 rings (SSSR count). The van der Waals surface area contributed by atoms with Gasteiger partial charge >= 0.3 is 0 Å². The van der Waals surface area contributed by atoms with Crippen molar-refractivity contribution >= 4 is 27.7 Å². The first-order valence-corrected chi connectivity index (χ1v) is 6.58. The van der Waals surface area contributed by atoms with Gasteiger partial charge in [-0.05, 0) is 27.9 Å². The van der Waals surface area contributed by atoms with Crippen LogP contribution in [0.2, 0.25) is 0 Å². The van der Waals surface area contributed by atoms with Crippen LogP contribution in [0.5, 0.6) is 0 Å². The van der Waals surface area contributed by atoms with E-state index in [4.69, 9.17) is 4.42 Å². The molecule has 100 valence electrons. The molecule has 0 saturated heterocycles. The Morgan fingerprint density at radius 1 is 1.39 bits per heavy atom. The SMILES string of the molecule is CC(C)CNC(=O)CCNC(=O)c1ccoc1Br. The zero-order chi connectivity index (χ0) is 13.5. The lowest BCUT2D eigenvalue weighted by atomic mass is 10.2. The smallest absolute Gasteiger partial charge is 0.255 e. The molecule has 0 bridgehead atoms. The lowest BCUT2D eigenvalue weighted by Crippen LogP contribution is -2.32. The summed E-state index contributed by atoms with van der Waals surface area (Å²) in [6, 6.07) is 1.57. The highest BCUT2D eigenvalue weighted by Gasteiger charge is 2.12. The second-order valence-electron chi connectivity index (χ2n) is 4.31. The largest absolute Gasteiger partial charge is 0.457 e. The van der Waals surface area contributed by atoms with Crippen LogP contribution in [0.3, 0.4) is 0 Å². The van der Waals surface area contributed by atoms with E-state index in [9.17, 15) is 9.59 Å². The number of hydrogen-bond acceptors (Lipinski definition) is 3. The van der Waals surface area contributed by atoms with Gasteiger partial charge in [-0.3, -0.25) is 9.59 Å². The Balaban J connectivity index is 2.24. The Bertz CT molecular complexity index is 415. The number of carbonyl (C=O) groups excluding carboxylic acids is 2. The Hall–Kier alpha value is -1.30. The molecule has 0 spiro atoms. The third-order valence-corrected chi connectivity index (χ3v) is 2.82. The van der Waals surface area contributed by atoms with Gasteiger partial charge < -0.3 is 15.1 Å². The van der Waals surface area contributed by atoms with Crippen molar-refractivity contribution in [1.82, 2.24) is 10.6 Å². The first kappa shape index (κ1) is 14.8. The predicted octanol–water partition coefficient (Wildman–Crippen LogP) is 1.93. The fourth-order valence-corrected chi connectivity index (χ4v) is 1.67. The van der Waals surface area contributed by atoms with E-state index >= 15 is 0 Å². The molecule has 1 heterocycles. The summed E-state index contributed by atoms with van der Waals surface area (Å²) in [5.74, 6) is 0.105. The van der Waals surface area contributed by atoms with Gasteiger partial charge in [-0.15, -0.1) is 0 Å². The zero-order valence-electron chi connectivity index (χ0n) is 10.5. The van der Waals surface area contributed by atoms with Gasteiger partial charge in [0.05, 0.1) is 11.8 Å². The number of furan rings is 1. The summed E-state index contributed by atoms with van der Waals surface area (Å²) in [4.78, 5) is 23.0. The van der Waals surface area contributed by atoms with Crippen molar-refractivity contribution in [1.29, 1.82) is 0 Å². The molecule has 6 heteroatoms. The molecule has 0 unspecified atom stereocenters. The molecular weight excluding hydrogens is 300 g/mol. The molecule has 1 aromatic heterocycles. The predicted molar refractivity (Wildman–Crippen MR) is 71.2 cm³/mol. The zero-order valence-corrected chi connectivity index (χ0v) is 12.0. The third kappa shape index (κ3) is 4.91. The van der Waals surface area contributed by atoms with Crippen molar-refractivity contribution in [3.8, 4) is 0 Å². The molecule has 18 heavy (non-hydrogen) atoms. The van der Waals surface area contributed by atoms with Crippen molar-refractivity contribution in [2.24, 2.45) is 5.92 Å². The van der Waals surface area contributed by atoms with Gasteiger partial charge in [0.15, 0.2) is 4.67 Å². The Labute approximate surface area is 114 Å². The molecule has 0 atom stereocenters. The standard InChI is InChI=1S/C12H17BrN2O3/c1-8(2)7-15-10(16)3-5-14-12(17)9-4-6-18-11(9)13/h4,6,8H,3,5,7H2,1-2H3,(H,14,17)(H,15,16). The Morgan fingerprint density at radius 2 is 2.11 bits per heavy atom. The van der Waals surface area contributed by atoms with Crippen molar-refractivity contribution in [2.45, 2.75) is 20.3 Å². The van der Waals surface area contributed by atoms with E-state index in [0.717, 1.165) is 0 Å². The molecule has 0 aliphatic rings. The highest BCUT2D eigenvalue weighted by atomic mass is 79.9. The van der Waals surface area contributed by atoms with Gasteiger partial charge in [0.2, 0.25) is 5.91 Å². The van der Waals surface area contributed by atoms with E-state index in [1.807, 2.05) is 13.8 Å². The second-order valence-corrected chi connectivity index (χ2v) is 5.03.